The summed E-state index contributed by atoms with van der Waals surface area (Å²) in [6, 6.07) is 74.7. The molecule has 0 atom stereocenters. The van der Waals surface area contributed by atoms with E-state index in [1.807, 2.05) is 0 Å². The number of anilines is 3. The highest BCUT2D eigenvalue weighted by atomic mass is 16.3. The Kier molecular flexibility index (Phi) is 7.58. The first kappa shape index (κ1) is 34.4. The van der Waals surface area contributed by atoms with Gasteiger partial charge in [0.2, 0.25) is 0 Å². The van der Waals surface area contributed by atoms with Gasteiger partial charge in [0.25, 0.3) is 0 Å². The zero-order valence-electron chi connectivity index (χ0n) is 33.4. The van der Waals surface area contributed by atoms with Gasteiger partial charge in [0.15, 0.2) is 0 Å². The van der Waals surface area contributed by atoms with Crippen LogP contribution < -0.4 is 4.90 Å². The summed E-state index contributed by atoms with van der Waals surface area (Å²) in [5, 5.41) is 4.58. The number of hydrogen-bond donors (Lipinski definition) is 0. The normalized spacial score (nSPS) is 13.0. The van der Waals surface area contributed by atoms with E-state index in [0.29, 0.717) is 0 Å². The van der Waals surface area contributed by atoms with Crippen molar-refractivity contribution in [3.63, 3.8) is 0 Å². The highest BCUT2D eigenvalue weighted by molar-refractivity contribution is 6.22. The van der Waals surface area contributed by atoms with Gasteiger partial charge in [-0.1, -0.05) is 159 Å². The van der Waals surface area contributed by atoms with E-state index >= 15 is 0 Å². The predicted molar refractivity (Wildman–Crippen MR) is 251 cm³/mol. The topological polar surface area (TPSA) is 21.3 Å². The average Bonchev–Trinajstić information content (AvgIpc) is 3.94. The molecule has 0 unspecified atom stereocenters. The number of hydrogen-bond acceptors (Lipinski definition) is 2. The summed E-state index contributed by atoms with van der Waals surface area (Å²) in [4.78, 5) is 2.49. The van der Waals surface area contributed by atoms with Crippen LogP contribution in [0, 0.1) is 0 Å². The monoisotopic (exact) mass is 768 g/mol. The second-order valence-electron chi connectivity index (χ2n) is 16.4. The maximum Gasteiger partial charge on any atom is 0.145 e. The molecule has 2 aromatic heterocycles. The largest absolute Gasteiger partial charge is 0.455 e. The third-order valence-electron chi connectivity index (χ3n) is 12.8. The SMILES string of the molecule is CC1(C)c2ccccc2-c2c(N(c3cccc(-c4ccccc4)c3)c3ccc(-c4cccc5c4c4ccccc4n5-c4ccccc4)c4oc5ccccc5c34)cccc21. The molecular formula is C57H40N2O. The molecule has 0 saturated heterocycles. The summed E-state index contributed by atoms with van der Waals surface area (Å²) >= 11 is 0. The summed E-state index contributed by atoms with van der Waals surface area (Å²) in [6.45, 7) is 4.71. The number of aromatic nitrogens is 1. The Morgan fingerprint density at radius 3 is 1.97 bits per heavy atom. The smallest absolute Gasteiger partial charge is 0.145 e. The highest BCUT2D eigenvalue weighted by Gasteiger charge is 2.38. The second kappa shape index (κ2) is 13.2. The molecule has 11 aromatic rings. The van der Waals surface area contributed by atoms with Gasteiger partial charge in [-0.2, -0.15) is 0 Å². The average molecular weight is 769 g/mol. The van der Waals surface area contributed by atoms with E-state index in [1.165, 1.54) is 44.1 Å². The zero-order chi connectivity index (χ0) is 40.0. The molecule has 0 saturated carbocycles. The molecule has 60 heavy (non-hydrogen) atoms. The van der Waals surface area contributed by atoms with Crippen molar-refractivity contribution in [1.82, 2.24) is 4.57 Å². The fourth-order valence-corrected chi connectivity index (χ4v) is 10.1. The number of fused-ring (bicyclic) bond motifs is 9. The molecule has 3 heteroatoms. The molecule has 12 rings (SSSR count). The minimum atomic E-state index is -0.154. The molecule has 2 heterocycles. The first-order chi connectivity index (χ1) is 29.6. The Morgan fingerprint density at radius 2 is 1.10 bits per heavy atom. The summed E-state index contributed by atoms with van der Waals surface area (Å²) in [7, 11) is 0. The Bertz CT molecular complexity index is 3460. The Morgan fingerprint density at radius 1 is 0.450 bits per heavy atom. The van der Waals surface area contributed by atoms with Gasteiger partial charge in [0.05, 0.1) is 27.8 Å². The van der Waals surface area contributed by atoms with Crippen LogP contribution in [0.5, 0.6) is 0 Å². The van der Waals surface area contributed by atoms with E-state index in [4.69, 9.17) is 4.42 Å². The lowest BCUT2D eigenvalue weighted by Gasteiger charge is -2.30. The zero-order valence-corrected chi connectivity index (χ0v) is 33.4. The minimum Gasteiger partial charge on any atom is -0.455 e. The van der Waals surface area contributed by atoms with Crippen molar-refractivity contribution in [1.29, 1.82) is 0 Å². The molecule has 0 amide bonds. The van der Waals surface area contributed by atoms with E-state index in [-0.39, 0.29) is 5.41 Å². The van der Waals surface area contributed by atoms with Crippen LogP contribution in [0.3, 0.4) is 0 Å². The van der Waals surface area contributed by atoms with Crippen LogP contribution in [0.4, 0.5) is 17.1 Å². The molecule has 0 N–H and O–H groups in total. The Balaban J connectivity index is 1.17. The fourth-order valence-electron chi connectivity index (χ4n) is 10.1. The van der Waals surface area contributed by atoms with Gasteiger partial charge < -0.3 is 13.9 Å². The molecule has 1 aliphatic rings. The van der Waals surface area contributed by atoms with Crippen LogP contribution in [0.2, 0.25) is 0 Å². The van der Waals surface area contributed by atoms with Crippen LogP contribution in [0.25, 0.3) is 82.8 Å². The quantitative estimate of drug-likeness (QED) is 0.168. The number of furan rings is 1. The van der Waals surface area contributed by atoms with Gasteiger partial charge in [-0.25, -0.2) is 0 Å². The molecule has 0 spiro atoms. The van der Waals surface area contributed by atoms with Crippen molar-refractivity contribution < 1.29 is 4.42 Å². The van der Waals surface area contributed by atoms with Gasteiger partial charge in [0, 0.05) is 44.1 Å². The minimum absolute atomic E-state index is 0.154. The lowest BCUT2D eigenvalue weighted by Crippen LogP contribution is -2.16. The lowest BCUT2D eigenvalue weighted by atomic mass is 9.82. The lowest BCUT2D eigenvalue weighted by molar-refractivity contribution is 0.660. The summed E-state index contributed by atoms with van der Waals surface area (Å²) in [5.41, 5.74) is 18.1. The third kappa shape index (κ3) is 5.02. The number of benzene rings is 9. The molecule has 9 aromatic carbocycles. The second-order valence-corrected chi connectivity index (χ2v) is 16.4. The summed E-state index contributed by atoms with van der Waals surface area (Å²) < 4.78 is 9.48. The van der Waals surface area contributed by atoms with E-state index in [2.05, 4.69) is 230 Å². The summed E-state index contributed by atoms with van der Waals surface area (Å²) in [6.07, 6.45) is 0. The van der Waals surface area contributed by atoms with Crippen molar-refractivity contribution in [3.05, 3.63) is 217 Å². The number of para-hydroxylation sites is 3. The molecular weight excluding hydrogens is 729 g/mol. The van der Waals surface area contributed by atoms with Crippen molar-refractivity contribution >= 4 is 60.8 Å². The number of rotatable bonds is 6. The number of nitrogens with zero attached hydrogens (tertiary/aromatic N) is 2. The van der Waals surface area contributed by atoms with Crippen molar-refractivity contribution in [2.24, 2.45) is 0 Å². The van der Waals surface area contributed by atoms with E-state index in [1.54, 1.807) is 0 Å². The molecule has 0 bridgehead atoms. The molecule has 0 aliphatic heterocycles. The predicted octanol–water partition coefficient (Wildman–Crippen LogP) is 15.8. The molecule has 1 aliphatic carbocycles. The van der Waals surface area contributed by atoms with E-state index in [9.17, 15) is 0 Å². The van der Waals surface area contributed by atoms with Crippen molar-refractivity contribution in [3.8, 4) is 39.1 Å². The van der Waals surface area contributed by atoms with E-state index in [0.717, 1.165) is 66.9 Å². The molecule has 0 fully saturated rings. The van der Waals surface area contributed by atoms with Crippen LogP contribution in [0.15, 0.2) is 211 Å². The van der Waals surface area contributed by atoms with Gasteiger partial charge >= 0.3 is 0 Å². The van der Waals surface area contributed by atoms with E-state index < -0.39 is 0 Å². The summed E-state index contributed by atoms with van der Waals surface area (Å²) in [5.74, 6) is 0. The van der Waals surface area contributed by atoms with Gasteiger partial charge in [-0.3, -0.25) is 0 Å². The third-order valence-corrected chi connectivity index (χ3v) is 12.8. The first-order valence-electron chi connectivity index (χ1n) is 20.8. The molecule has 3 nitrogen and oxygen atoms in total. The first-order valence-corrected chi connectivity index (χ1v) is 20.8. The maximum atomic E-state index is 7.09. The fraction of sp³-hybridized carbons (Fsp3) is 0.0526. The molecule has 284 valence electrons. The van der Waals surface area contributed by atoms with Crippen LogP contribution in [0.1, 0.15) is 25.0 Å². The van der Waals surface area contributed by atoms with Crippen molar-refractivity contribution in [2.75, 3.05) is 4.90 Å². The maximum absolute atomic E-state index is 7.09. The Labute approximate surface area is 349 Å². The van der Waals surface area contributed by atoms with Gasteiger partial charge in [-0.15, -0.1) is 0 Å². The van der Waals surface area contributed by atoms with Crippen LogP contribution in [-0.4, -0.2) is 4.57 Å². The van der Waals surface area contributed by atoms with Crippen LogP contribution in [-0.2, 0) is 5.41 Å². The Hall–Kier alpha value is -7.62. The van der Waals surface area contributed by atoms with Crippen molar-refractivity contribution in [2.45, 2.75) is 19.3 Å². The van der Waals surface area contributed by atoms with Gasteiger partial charge in [-0.05, 0) is 94.0 Å². The van der Waals surface area contributed by atoms with Crippen LogP contribution >= 0.6 is 0 Å². The molecule has 0 radical (unpaired) electrons. The van der Waals surface area contributed by atoms with Gasteiger partial charge in [0.1, 0.15) is 11.2 Å². The standard InChI is InChI=1S/C57H40N2O/c1-57(2)46-28-12-9-24-43(46)54-47(57)29-17-32-50(54)59(40-23-15-20-38(36-40)37-18-5-3-6-19-37)51-35-34-42(56-55(51)45-26-11-14-33-52(45)60-56)41-27-16-31-49-53(41)44-25-10-13-30-48(44)58(49)39-21-7-4-8-22-39/h3-36H,1-2H3. The highest BCUT2D eigenvalue weighted by Crippen LogP contribution is 2.56.